The van der Waals surface area contributed by atoms with E-state index in [4.69, 9.17) is 28.4 Å². The molecule has 6 fully saturated rings. The van der Waals surface area contributed by atoms with Gasteiger partial charge in [-0.15, -0.1) is 0 Å². The van der Waals surface area contributed by atoms with Crippen molar-refractivity contribution >= 4 is 0 Å². The standard InChI is InChI=1S/C32H52O9/c1-7-17(3)19(5)23(34)15-25-21(10-12-36-25)14-27(35)39-31-29-26-16-32(41-29,40-28(20(6)33)30(31)38-26)11-9-22-13-18(4)24(8-2)37-22/h17,20-31,33-35H,4-5,7-16H2,1-3,6H3/t17-,20+,21?,22?,23?,24?,25+,26-,27?,28?,29?,30?,31+,32-/m1/s1. The van der Waals surface area contributed by atoms with Gasteiger partial charge >= 0.3 is 0 Å². The third-order valence-corrected chi connectivity index (χ3v) is 10.2. The lowest BCUT2D eigenvalue weighted by Crippen LogP contribution is -2.48. The highest BCUT2D eigenvalue weighted by atomic mass is 16.8. The normalized spacial score (nSPS) is 42.9. The molecule has 6 aliphatic heterocycles. The van der Waals surface area contributed by atoms with Gasteiger partial charge in [0.1, 0.15) is 24.4 Å². The average Bonchev–Trinajstić information content (AvgIpc) is 3.64. The molecule has 9 heteroatoms. The maximum absolute atomic E-state index is 11.1. The summed E-state index contributed by atoms with van der Waals surface area (Å²) in [6.45, 7) is 16.8. The van der Waals surface area contributed by atoms with Crippen LogP contribution in [-0.2, 0) is 28.4 Å². The first kappa shape index (κ1) is 31.5. The number of fused-ring (bicyclic) bond motifs is 1. The summed E-state index contributed by atoms with van der Waals surface area (Å²) >= 11 is 0. The Morgan fingerprint density at radius 1 is 1.10 bits per heavy atom. The second kappa shape index (κ2) is 13.0. The molecule has 0 amide bonds. The summed E-state index contributed by atoms with van der Waals surface area (Å²) in [4.78, 5) is 0. The van der Waals surface area contributed by atoms with Crippen LogP contribution in [0.4, 0.5) is 0 Å². The van der Waals surface area contributed by atoms with Gasteiger partial charge in [-0.05, 0) is 62.0 Å². The van der Waals surface area contributed by atoms with Crippen LogP contribution in [0.15, 0.2) is 24.3 Å². The lowest BCUT2D eigenvalue weighted by Gasteiger charge is -2.34. The monoisotopic (exact) mass is 580 g/mol. The van der Waals surface area contributed by atoms with Crippen LogP contribution in [0.1, 0.15) is 85.5 Å². The molecule has 0 aromatic rings. The van der Waals surface area contributed by atoms with E-state index in [2.05, 4.69) is 33.9 Å². The SMILES string of the molecule is C=C1CC(CC[C@@]23C[C@H]4OC(C([C@H](C)O)O2)[C@@H](OC(O)CC2CCO[C@H]2CC(O)C(=C)[C@H](C)CC)C4O3)OC1CC. The smallest absolute Gasteiger partial charge is 0.172 e. The number of ether oxygens (including phenoxy) is 6. The van der Waals surface area contributed by atoms with Crippen LogP contribution in [-0.4, -0.2) is 95.0 Å². The van der Waals surface area contributed by atoms with Gasteiger partial charge in [0.05, 0.1) is 36.6 Å². The predicted octanol–water partition coefficient (Wildman–Crippen LogP) is 3.77. The molecule has 0 aromatic heterocycles. The maximum atomic E-state index is 11.1. The molecule has 14 atom stereocenters. The van der Waals surface area contributed by atoms with Crippen LogP contribution in [0.3, 0.4) is 0 Å². The Morgan fingerprint density at radius 3 is 2.56 bits per heavy atom. The number of aliphatic hydroxyl groups excluding tert-OH is 3. The van der Waals surface area contributed by atoms with E-state index in [1.165, 1.54) is 0 Å². The lowest BCUT2D eigenvalue weighted by atomic mass is 9.88. The van der Waals surface area contributed by atoms with Crippen LogP contribution in [0.5, 0.6) is 0 Å². The Balaban J connectivity index is 1.20. The van der Waals surface area contributed by atoms with Gasteiger partial charge in [0, 0.05) is 32.3 Å². The number of hydrogen-bond acceptors (Lipinski definition) is 9. The average molecular weight is 581 g/mol. The van der Waals surface area contributed by atoms with E-state index in [0.717, 1.165) is 43.3 Å². The van der Waals surface area contributed by atoms with Gasteiger partial charge in [-0.25, -0.2) is 0 Å². The van der Waals surface area contributed by atoms with Crippen molar-refractivity contribution in [2.75, 3.05) is 6.61 Å². The fourth-order valence-corrected chi connectivity index (χ4v) is 7.49. The van der Waals surface area contributed by atoms with Crippen molar-refractivity contribution in [2.24, 2.45) is 11.8 Å². The van der Waals surface area contributed by atoms with Gasteiger partial charge in [-0.3, -0.25) is 0 Å². The van der Waals surface area contributed by atoms with Gasteiger partial charge in [0.25, 0.3) is 0 Å². The van der Waals surface area contributed by atoms with Crippen LogP contribution in [0, 0.1) is 11.8 Å². The van der Waals surface area contributed by atoms with E-state index in [0.29, 0.717) is 32.3 Å². The van der Waals surface area contributed by atoms with Crippen molar-refractivity contribution in [3.05, 3.63) is 24.3 Å². The third kappa shape index (κ3) is 6.64. The summed E-state index contributed by atoms with van der Waals surface area (Å²) in [5.74, 6) is -0.601. The molecule has 6 saturated heterocycles. The first-order valence-corrected chi connectivity index (χ1v) is 15.9. The quantitative estimate of drug-likeness (QED) is 0.209. The molecule has 4 bridgehead atoms. The minimum atomic E-state index is -1.07. The van der Waals surface area contributed by atoms with E-state index < -0.39 is 48.7 Å². The number of rotatable bonds is 14. The highest BCUT2D eigenvalue weighted by molar-refractivity contribution is 5.11. The molecule has 6 aliphatic rings. The number of hydrogen-bond donors (Lipinski definition) is 3. The lowest BCUT2D eigenvalue weighted by molar-refractivity contribution is -0.264. The van der Waals surface area contributed by atoms with Crippen molar-refractivity contribution in [1.82, 2.24) is 0 Å². The minimum absolute atomic E-state index is 0.0478. The summed E-state index contributed by atoms with van der Waals surface area (Å²) in [5, 5.41) is 32.5. The van der Waals surface area contributed by atoms with E-state index in [9.17, 15) is 15.3 Å². The molecule has 0 aromatic carbocycles. The van der Waals surface area contributed by atoms with Crippen molar-refractivity contribution in [3.63, 3.8) is 0 Å². The highest BCUT2D eigenvalue weighted by Gasteiger charge is 2.65. The molecule has 3 N–H and O–H groups in total. The predicted molar refractivity (Wildman–Crippen MR) is 152 cm³/mol. The molecule has 0 aliphatic carbocycles. The van der Waals surface area contributed by atoms with E-state index >= 15 is 0 Å². The van der Waals surface area contributed by atoms with Crippen molar-refractivity contribution < 1.29 is 43.7 Å². The zero-order valence-electron chi connectivity index (χ0n) is 25.3. The van der Waals surface area contributed by atoms with Crippen molar-refractivity contribution in [2.45, 2.75) is 159 Å². The van der Waals surface area contributed by atoms with Gasteiger partial charge in [0.15, 0.2) is 12.1 Å². The Bertz CT molecular complexity index is 925. The first-order chi connectivity index (χ1) is 19.5. The summed E-state index contributed by atoms with van der Waals surface area (Å²) in [6.07, 6.45) is 1.37. The van der Waals surface area contributed by atoms with Crippen LogP contribution in [0.25, 0.3) is 0 Å². The summed E-state index contributed by atoms with van der Waals surface area (Å²) in [7, 11) is 0. The second-order valence-corrected chi connectivity index (χ2v) is 13.1. The molecular weight excluding hydrogens is 528 g/mol. The molecular formula is C32H52O9. The third-order valence-electron chi connectivity index (χ3n) is 10.2. The molecule has 9 nitrogen and oxygen atoms in total. The molecule has 0 spiro atoms. The van der Waals surface area contributed by atoms with Crippen molar-refractivity contribution in [3.8, 4) is 0 Å². The Hall–Kier alpha value is -0.880. The van der Waals surface area contributed by atoms with Crippen LogP contribution < -0.4 is 0 Å². The Labute approximate surface area is 245 Å². The molecule has 0 radical (unpaired) electrons. The van der Waals surface area contributed by atoms with Gasteiger partial charge in [-0.2, -0.15) is 0 Å². The maximum Gasteiger partial charge on any atom is 0.172 e. The van der Waals surface area contributed by atoms with Gasteiger partial charge in [0.2, 0.25) is 0 Å². The molecule has 41 heavy (non-hydrogen) atoms. The molecule has 8 unspecified atom stereocenters. The zero-order valence-corrected chi connectivity index (χ0v) is 25.3. The van der Waals surface area contributed by atoms with E-state index in [1.54, 1.807) is 6.92 Å². The fraction of sp³-hybridized carbons (Fsp3) is 0.875. The van der Waals surface area contributed by atoms with E-state index in [1.807, 2.05) is 0 Å². The summed E-state index contributed by atoms with van der Waals surface area (Å²) < 4.78 is 37.8. The molecule has 234 valence electrons. The molecule has 6 rings (SSSR count). The Morgan fingerprint density at radius 2 is 1.88 bits per heavy atom. The zero-order chi connectivity index (χ0) is 29.5. The first-order valence-electron chi connectivity index (χ1n) is 15.9. The van der Waals surface area contributed by atoms with Gasteiger partial charge in [-0.1, -0.05) is 33.9 Å². The second-order valence-electron chi connectivity index (χ2n) is 13.1. The minimum Gasteiger partial charge on any atom is -0.391 e. The van der Waals surface area contributed by atoms with Gasteiger partial charge < -0.3 is 43.7 Å². The Kier molecular flexibility index (Phi) is 10.0. The van der Waals surface area contributed by atoms with Crippen LogP contribution >= 0.6 is 0 Å². The summed E-state index contributed by atoms with van der Waals surface area (Å²) in [5.41, 5.74) is 1.97. The highest BCUT2D eigenvalue weighted by Crippen LogP contribution is 2.51. The topological polar surface area (TPSA) is 116 Å². The summed E-state index contributed by atoms with van der Waals surface area (Å²) in [6, 6.07) is 0. The van der Waals surface area contributed by atoms with Crippen molar-refractivity contribution in [1.29, 1.82) is 0 Å². The molecule has 6 heterocycles. The molecule has 0 saturated carbocycles. The number of aliphatic hydroxyl groups is 3. The largest absolute Gasteiger partial charge is 0.391 e. The van der Waals surface area contributed by atoms with E-state index in [-0.39, 0.29) is 36.3 Å². The van der Waals surface area contributed by atoms with Crippen LogP contribution in [0.2, 0.25) is 0 Å². The fourth-order valence-electron chi connectivity index (χ4n) is 7.49.